The third-order valence-corrected chi connectivity index (χ3v) is 3.83. The van der Waals surface area contributed by atoms with E-state index in [1.165, 1.54) is 0 Å². The molecular formula is C11H22N2O2S. The second-order valence-corrected chi connectivity index (χ2v) is 5.18. The normalized spacial score (nSPS) is 19.4. The van der Waals surface area contributed by atoms with Gasteiger partial charge in [-0.25, -0.2) is 0 Å². The van der Waals surface area contributed by atoms with E-state index in [0.717, 1.165) is 31.6 Å². The zero-order chi connectivity index (χ0) is 11.9. The van der Waals surface area contributed by atoms with Gasteiger partial charge in [-0.3, -0.25) is 4.79 Å². The van der Waals surface area contributed by atoms with E-state index in [2.05, 4.69) is 11.6 Å². The topological polar surface area (TPSA) is 64.4 Å². The maximum absolute atomic E-state index is 12.1. The van der Waals surface area contributed by atoms with E-state index in [9.17, 15) is 4.79 Å². The lowest BCUT2D eigenvalue weighted by molar-refractivity contribution is -0.135. The van der Waals surface area contributed by atoms with Gasteiger partial charge in [-0.2, -0.15) is 11.8 Å². The lowest BCUT2D eigenvalue weighted by atomic mass is 9.79. The predicted molar refractivity (Wildman–Crippen MR) is 67.5 cm³/mol. The molecule has 1 saturated heterocycles. The summed E-state index contributed by atoms with van der Waals surface area (Å²) in [5, 5.41) is 2.99. The lowest BCUT2D eigenvalue weighted by Crippen LogP contribution is -2.49. The van der Waals surface area contributed by atoms with Crippen molar-refractivity contribution in [2.45, 2.75) is 19.3 Å². The van der Waals surface area contributed by atoms with Crippen molar-refractivity contribution in [1.29, 1.82) is 0 Å². The van der Waals surface area contributed by atoms with E-state index in [0.29, 0.717) is 19.8 Å². The van der Waals surface area contributed by atoms with E-state index in [1.54, 1.807) is 11.8 Å². The van der Waals surface area contributed by atoms with Crippen molar-refractivity contribution in [3.05, 3.63) is 0 Å². The maximum atomic E-state index is 12.1. The molecule has 0 unspecified atom stereocenters. The summed E-state index contributed by atoms with van der Waals surface area (Å²) in [5.74, 6) is 1.19. The van der Waals surface area contributed by atoms with Crippen LogP contribution in [0.1, 0.15) is 19.3 Å². The average molecular weight is 246 g/mol. The van der Waals surface area contributed by atoms with Crippen LogP contribution in [0.25, 0.3) is 0 Å². The highest BCUT2D eigenvalue weighted by Gasteiger charge is 2.38. The van der Waals surface area contributed by atoms with E-state index in [1.807, 2.05) is 0 Å². The van der Waals surface area contributed by atoms with Crippen LogP contribution in [0.5, 0.6) is 0 Å². The number of hydrogen-bond acceptors (Lipinski definition) is 4. The van der Waals surface area contributed by atoms with Crippen LogP contribution in [0.4, 0.5) is 0 Å². The van der Waals surface area contributed by atoms with Crippen LogP contribution in [-0.2, 0) is 9.53 Å². The third-order valence-electron chi connectivity index (χ3n) is 3.13. The predicted octanol–water partition coefficient (Wildman–Crippen LogP) is 0.611. The van der Waals surface area contributed by atoms with Crippen molar-refractivity contribution in [3.8, 4) is 0 Å². The van der Waals surface area contributed by atoms with Crippen molar-refractivity contribution in [2.24, 2.45) is 11.1 Å². The summed E-state index contributed by atoms with van der Waals surface area (Å²) in [4.78, 5) is 12.1. The molecule has 0 radical (unpaired) electrons. The number of ether oxygens (including phenoxy) is 1. The minimum Gasteiger partial charge on any atom is -0.381 e. The van der Waals surface area contributed by atoms with Gasteiger partial charge in [0.15, 0.2) is 0 Å². The minimum atomic E-state index is -0.377. The van der Waals surface area contributed by atoms with Crippen LogP contribution < -0.4 is 11.1 Å². The van der Waals surface area contributed by atoms with Crippen LogP contribution >= 0.6 is 11.8 Å². The van der Waals surface area contributed by atoms with Crippen molar-refractivity contribution < 1.29 is 9.53 Å². The van der Waals surface area contributed by atoms with Gasteiger partial charge in [-0.1, -0.05) is 0 Å². The molecule has 0 atom stereocenters. The number of amides is 1. The van der Waals surface area contributed by atoms with Gasteiger partial charge in [0.25, 0.3) is 0 Å². The smallest absolute Gasteiger partial charge is 0.227 e. The lowest BCUT2D eigenvalue weighted by Gasteiger charge is -2.34. The van der Waals surface area contributed by atoms with Gasteiger partial charge in [-0.15, -0.1) is 0 Å². The van der Waals surface area contributed by atoms with Crippen LogP contribution in [0.15, 0.2) is 0 Å². The fraction of sp³-hybridized carbons (Fsp3) is 0.909. The van der Waals surface area contributed by atoms with E-state index in [4.69, 9.17) is 10.5 Å². The molecule has 1 fully saturated rings. The highest BCUT2D eigenvalue weighted by molar-refractivity contribution is 7.98. The van der Waals surface area contributed by atoms with E-state index >= 15 is 0 Å². The summed E-state index contributed by atoms with van der Waals surface area (Å²) < 4.78 is 5.28. The van der Waals surface area contributed by atoms with E-state index in [-0.39, 0.29) is 11.3 Å². The first kappa shape index (κ1) is 13.8. The Balaban J connectivity index is 2.36. The second kappa shape index (κ2) is 7.14. The molecule has 94 valence electrons. The summed E-state index contributed by atoms with van der Waals surface area (Å²) >= 11 is 1.80. The van der Waals surface area contributed by atoms with Crippen LogP contribution in [0.2, 0.25) is 0 Å². The molecule has 0 saturated carbocycles. The Kier molecular flexibility index (Phi) is 6.16. The second-order valence-electron chi connectivity index (χ2n) is 4.20. The molecule has 16 heavy (non-hydrogen) atoms. The highest BCUT2D eigenvalue weighted by Crippen LogP contribution is 2.29. The van der Waals surface area contributed by atoms with Gasteiger partial charge in [0, 0.05) is 26.3 Å². The summed E-state index contributed by atoms with van der Waals surface area (Å²) in [6, 6.07) is 0. The molecule has 3 N–H and O–H groups in total. The van der Waals surface area contributed by atoms with Gasteiger partial charge in [0.1, 0.15) is 0 Å². The Labute approximate surface area is 102 Å². The van der Waals surface area contributed by atoms with Crippen LogP contribution in [0, 0.1) is 5.41 Å². The summed E-state index contributed by atoms with van der Waals surface area (Å²) in [6.45, 7) is 2.47. The zero-order valence-corrected chi connectivity index (χ0v) is 10.8. The number of thioether (sulfide) groups is 1. The molecule has 5 heteroatoms. The highest BCUT2D eigenvalue weighted by atomic mass is 32.2. The van der Waals surface area contributed by atoms with Gasteiger partial charge in [0.05, 0.1) is 5.41 Å². The van der Waals surface area contributed by atoms with Crippen molar-refractivity contribution in [2.75, 3.05) is 38.3 Å². The van der Waals surface area contributed by atoms with Crippen LogP contribution in [-0.4, -0.2) is 44.2 Å². The minimum absolute atomic E-state index is 0.111. The van der Waals surface area contributed by atoms with Crippen LogP contribution in [0.3, 0.4) is 0 Å². The molecule has 0 aromatic carbocycles. The van der Waals surface area contributed by atoms with Gasteiger partial charge in [0.2, 0.25) is 5.91 Å². The fourth-order valence-electron chi connectivity index (χ4n) is 1.89. The van der Waals surface area contributed by atoms with Gasteiger partial charge in [-0.05, 0) is 31.3 Å². The molecule has 4 nitrogen and oxygen atoms in total. The molecule has 0 aromatic heterocycles. The van der Waals surface area contributed by atoms with Crippen molar-refractivity contribution in [1.82, 2.24) is 5.32 Å². The molecule has 1 amide bonds. The first-order chi connectivity index (χ1) is 7.75. The molecule has 0 aromatic rings. The number of nitrogens with one attached hydrogen (secondary N) is 1. The Morgan fingerprint density at radius 2 is 2.19 bits per heavy atom. The third kappa shape index (κ3) is 3.64. The monoisotopic (exact) mass is 246 g/mol. The van der Waals surface area contributed by atoms with Gasteiger partial charge < -0.3 is 15.8 Å². The standard InChI is InChI=1S/C11H22N2O2S/c1-16-8-2-5-13-10(14)11(9-12)3-6-15-7-4-11/h2-9,12H2,1H3,(H,13,14). The van der Waals surface area contributed by atoms with Crippen molar-refractivity contribution >= 4 is 17.7 Å². The number of nitrogens with two attached hydrogens (primary N) is 1. The Bertz CT molecular complexity index is 218. The molecule has 0 bridgehead atoms. The Morgan fingerprint density at radius 1 is 1.50 bits per heavy atom. The summed E-state index contributed by atoms with van der Waals surface area (Å²) in [5.41, 5.74) is 5.37. The molecule has 0 spiro atoms. The summed E-state index contributed by atoms with van der Waals surface area (Å²) in [6.07, 6.45) is 4.58. The Morgan fingerprint density at radius 3 is 2.75 bits per heavy atom. The molecular weight excluding hydrogens is 224 g/mol. The molecule has 1 aliphatic rings. The summed E-state index contributed by atoms with van der Waals surface area (Å²) in [7, 11) is 0. The average Bonchev–Trinajstić information content (AvgIpc) is 2.35. The molecule has 0 aliphatic carbocycles. The molecule has 1 heterocycles. The number of carbonyl (C=O) groups is 1. The van der Waals surface area contributed by atoms with Gasteiger partial charge >= 0.3 is 0 Å². The number of rotatable bonds is 6. The van der Waals surface area contributed by atoms with E-state index < -0.39 is 0 Å². The quantitative estimate of drug-likeness (QED) is 0.674. The van der Waals surface area contributed by atoms with Crippen molar-refractivity contribution in [3.63, 3.8) is 0 Å². The number of carbonyl (C=O) groups excluding carboxylic acids is 1. The fourth-order valence-corrected chi connectivity index (χ4v) is 2.32. The number of hydrogen-bond donors (Lipinski definition) is 2. The first-order valence-electron chi connectivity index (χ1n) is 5.80. The Hall–Kier alpha value is -0.260. The molecule has 1 rings (SSSR count). The SMILES string of the molecule is CSCCCNC(=O)C1(CN)CCOCC1. The molecule has 1 aliphatic heterocycles. The largest absolute Gasteiger partial charge is 0.381 e. The first-order valence-corrected chi connectivity index (χ1v) is 7.19. The zero-order valence-electron chi connectivity index (χ0n) is 9.96. The maximum Gasteiger partial charge on any atom is 0.227 e.